The van der Waals surface area contributed by atoms with Gasteiger partial charge in [-0.3, -0.25) is 4.79 Å². The van der Waals surface area contributed by atoms with Crippen LogP contribution in [0.15, 0.2) is 47.6 Å². The lowest BCUT2D eigenvalue weighted by Crippen LogP contribution is -2.20. The number of hydrazone groups is 1. The standard InChI is InChI=1S/C18H20N2O/c1-12-9-10-16(14(3)11-12)15(4)19-20-18(21)17-8-6-5-7-13(17)2/h5-11H,1-4H3,(H,20,21)/b19-15-. The molecule has 108 valence electrons. The van der Waals surface area contributed by atoms with Gasteiger partial charge in [0.2, 0.25) is 0 Å². The molecule has 0 aromatic heterocycles. The van der Waals surface area contributed by atoms with Crippen molar-refractivity contribution in [1.29, 1.82) is 0 Å². The molecule has 2 aromatic rings. The molecule has 0 spiro atoms. The van der Waals surface area contributed by atoms with Crippen molar-refractivity contribution >= 4 is 11.6 Å². The van der Waals surface area contributed by atoms with Crippen LogP contribution in [0.25, 0.3) is 0 Å². The van der Waals surface area contributed by atoms with Gasteiger partial charge in [0.15, 0.2) is 0 Å². The van der Waals surface area contributed by atoms with Crippen LogP contribution in [-0.4, -0.2) is 11.6 Å². The maximum atomic E-state index is 12.1. The van der Waals surface area contributed by atoms with E-state index in [1.165, 1.54) is 5.56 Å². The number of nitrogens with zero attached hydrogens (tertiary/aromatic N) is 1. The smallest absolute Gasteiger partial charge is 0.267 e. The quantitative estimate of drug-likeness (QED) is 0.675. The fourth-order valence-electron chi connectivity index (χ4n) is 2.30. The topological polar surface area (TPSA) is 41.5 Å². The highest BCUT2D eigenvalue weighted by Gasteiger charge is 2.08. The zero-order valence-corrected chi connectivity index (χ0v) is 12.9. The van der Waals surface area contributed by atoms with E-state index in [-0.39, 0.29) is 5.91 Å². The van der Waals surface area contributed by atoms with Gasteiger partial charge in [0.1, 0.15) is 0 Å². The third-order valence-electron chi connectivity index (χ3n) is 3.49. The third kappa shape index (κ3) is 3.57. The zero-order valence-electron chi connectivity index (χ0n) is 12.9. The second kappa shape index (κ2) is 6.35. The van der Waals surface area contributed by atoms with Crippen molar-refractivity contribution in [3.63, 3.8) is 0 Å². The number of aryl methyl sites for hydroxylation is 3. The van der Waals surface area contributed by atoms with Crippen LogP contribution >= 0.6 is 0 Å². The number of rotatable bonds is 3. The Morgan fingerprint density at radius 1 is 0.952 bits per heavy atom. The minimum Gasteiger partial charge on any atom is -0.267 e. The van der Waals surface area contributed by atoms with Gasteiger partial charge in [-0.05, 0) is 44.9 Å². The van der Waals surface area contributed by atoms with Crippen LogP contribution in [0.1, 0.15) is 39.5 Å². The molecule has 1 N–H and O–H groups in total. The molecule has 0 unspecified atom stereocenters. The van der Waals surface area contributed by atoms with Gasteiger partial charge in [0.25, 0.3) is 5.91 Å². The summed E-state index contributed by atoms with van der Waals surface area (Å²) in [6, 6.07) is 13.7. The van der Waals surface area contributed by atoms with Crippen LogP contribution in [0.5, 0.6) is 0 Å². The predicted octanol–water partition coefficient (Wildman–Crippen LogP) is 3.77. The Bertz CT molecular complexity index is 702. The minimum atomic E-state index is -0.183. The van der Waals surface area contributed by atoms with Gasteiger partial charge in [-0.1, -0.05) is 42.0 Å². The van der Waals surface area contributed by atoms with E-state index in [0.29, 0.717) is 5.56 Å². The number of hydrogen-bond donors (Lipinski definition) is 1. The Labute approximate surface area is 125 Å². The SMILES string of the molecule is C/C(=N/NC(=O)c1ccccc1C)c1ccc(C)cc1C. The van der Waals surface area contributed by atoms with Gasteiger partial charge >= 0.3 is 0 Å². The molecule has 1 amide bonds. The normalized spacial score (nSPS) is 11.3. The van der Waals surface area contributed by atoms with E-state index in [0.717, 1.165) is 22.4 Å². The van der Waals surface area contributed by atoms with Gasteiger partial charge in [-0.2, -0.15) is 5.10 Å². The first kappa shape index (κ1) is 15.0. The summed E-state index contributed by atoms with van der Waals surface area (Å²) in [6.45, 7) is 7.92. The van der Waals surface area contributed by atoms with E-state index in [1.54, 1.807) is 6.07 Å². The molecule has 0 aliphatic heterocycles. The molecule has 0 saturated heterocycles. The first-order valence-electron chi connectivity index (χ1n) is 6.97. The number of nitrogens with one attached hydrogen (secondary N) is 1. The largest absolute Gasteiger partial charge is 0.271 e. The Kier molecular flexibility index (Phi) is 4.53. The van der Waals surface area contributed by atoms with E-state index in [4.69, 9.17) is 0 Å². The lowest BCUT2D eigenvalue weighted by molar-refractivity contribution is 0.0954. The fraction of sp³-hybridized carbons (Fsp3) is 0.222. The Morgan fingerprint density at radius 2 is 1.67 bits per heavy atom. The first-order chi connectivity index (χ1) is 9.99. The molecule has 0 bridgehead atoms. The molecule has 3 heteroatoms. The van der Waals surface area contributed by atoms with Crippen LogP contribution in [0, 0.1) is 20.8 Å². The molecule has 2 rings (SSSR count). The number of benzene rings is 2. The number of carbonyl (C=O) groups is 1. The summed E-state index contributed by atoms with van der Waals surface area (Å²) < 4.78 is 0. The summed E-state index contributed by atoms with van der Waals surface area (Å²) in [5.74, 6) is -0.183. The molecule has 21 heavy (non-hydrogen) atoms. The number of amides is 1. The molecule has 0 aliphatic rings. The lowest BCUT2D eigenvalue weighted by Gasteiger charge is -2.08. The monoisotopic (exact) mass is 280 g/mol. The predicted molar refractivity (Wildman–Crippen MR) is 86.8 cm³/mol. The molecule has 0 heterocycles. The molecular formula is C18H20N2O. The molecule has 0 aliphatic carbocycles. The molecular weight excluding hydrogens is 260 g/mol. The van der Waals surface area contributed by atoms with Gasteiger partial charge < -0.3 is 0 Å². The van der Waals surface area contributed by atoms with Crippen molar-refractivity contribution in [2.45, 2.75) is 27.7 Å². The van der Waals surface area contributed by atoms with Crippen LogP contribution in [0.4, 0.5) is 0 Å². The van der Waals surface area contributed by atoms with Gasteiger partial charge in [-0.15, -0.1) is 0 Å². The van der Waals surface area contributed by atoms with E-state index in [9.17, 15) is 4.79 Å². The van der Waals surface area contributed by atoms with Gasteiger partial charge in [-0.25, -0.2) is 5.43 Å². The molecule has 3 nitrogen and oxygen atoms in total. The summed E-state index contributed by atoms with van der Waals surface area (Å²) in [5.41, 5.74) is 8.43. The van der Waals surface area contributed by atoms with Crippen LogP contribution < -0.4 is 5.43 Å². The average molecular weight is 280 g/mol. The Morgan fingerprint density at radius 3 is 2.33 bits per heavy atom. The van der Waals surface area contributed by atoms with E-state index < -0.39 is 0 Å². The maximum absolute atomic E-state index is 12.1. The first-order valence-corrected chi connectivity index (χ1v) is 6.97. The summed E-state index contributed by atoms with van der Waals surface area (Å²) in [6.07, 6.45) is 0. The van der Waals surface area contributed by atoms with Crippen molar-refractivity contribution in [2.24, 2.45) is 5.10 Å². The summed E-state index contributed by atoms with van der Waals surface area (Å²) in [7, 11) is 0. The molecule has 0 atom stereocenters. The number of hydrogen-bond acceptors (Lipinski definition) is 2. The number of carbonyl (C=O) groups excluding carboxylic acids is 1. The van der Waals surface area contributed by atoms with Crippen molar-refractivity contribution in [3.05, 3.63) is 70.3 Å². The Balaban J connectivity index is 2.17. The maximum Gasteiger partial charge on any atom is 0.271 e. The molecule has 0 radical (unpaired) electrons. The van der Waals surface area contributed by atoms with Crippen molar-refractivity contribution in [2.75, 3.05) is 0 Å². The fourth-order valence-corrected chi connectivity index (χ4v) is 2.30. The molecule has 2 aromatic carbocycles. The highest BCUT2D eigenvalue weighted by atomic mass is 16.2. The summed E-state index contributed by atoms with van der Waals surface area (Å²) in [4.78, 5) is 12.1. The van der Waals surface area contributed by atoms with Crippen molar-refractivity contribution in [3.8, 4) is 0 Å². The van der Waals surface area contributed by atoms with Gasteiger partial charge in [0, 0.05) is 11.1 Å². The lowest BCUT2D eigenvalue weighted by atomic mass is 10.0. The van der Waals surface area contributed by atoms with E-state index in [2.05, 4.69) is 23.5 Å². The van der Waals surface area contributed by atoms with Crippen molar-refractivity contribution < 1.29 is 4.79 Å². The highest BCUT2D eigenvalue weighted by Crippen LogP contribution is 2.12. The zero-order chi connectivity index (χ0) is 15.4. The average Bonchev–Trinajstić information content (AvgIpc) is 2.45. The summed E-state index contributed by atoms with van der Waals surface area (Å²) >= 11 is 0. The van der Waals surface area contributed by atoms with E-state index >= 15 is 0 Å². The second-order valence-corrected chi connectivity index (χ2v) is 5.27. The van der Waals surface area contributed by atoms with Crippen LogP contribution in [0.2, 0.25) is 0 Å². The summed E-state index contributed by atoms with van der Waals surface area (Å²) in [5, 5.41) is 4.22. The second-order valence-electron chi connectivity index (χ2n) is 5.27. The Hall–Kier alpha value is -2.42. The van der Waals surface area contributed by atoms with E-state index in [1.807, 2.05) is 51.1 Å². The van der Waals surface area contributed by atoms with Crippen LogP contribution in [0.3, 0.4) is 0 Å². The van der Waals surface area contributed by atoms with Crippen LogP contribution in [-0.2, 0) is 0 Å². The highest BCUT2D eigenvalue weighted by molar-refractivity contribution is 6.02. The van der Waals surface area contributed by atoms with Gasteiger partial charge in [0.05, 0.1) is 5.71 Å². The molecule has 0 fully saturated rings. The third-order valence-corrected chi connectivity index (χ3v) is 3.49. The van der Waals surface area contributed by atoms with Crippen molar-refractivity contribution in [1.82, 2.24) is 5.43 Å². The molecule has 0 saturated carbocycles. The minimum absolute atomic E-state index is 0.183.